The molecule has 0 aliphatic carbocycles. The maximum Gasteiger partial charge on any atom is 0.0645 e. The summed E-state index contributed by atoms with van der Waals surface area (Å²) in [6.45, 7) is 9.27. The van der Waals surface area contributed by atoms with E-state index in [1.807, 2.05) is 0 Å². The van der Waals surface area contributed by atoms with E-state index < -0.39 is 0 Å². The van der Waals surface area contributed by atoms with E-state index in [2.05, 4.69) is 18.7 Å². The highest BCUT2D eigenvalue weighted by Crippen LogP contribution is 2.26. The fourth-order valence-corrected chi connectivity index (χ4v) is 2.61. The molecule has 2 fully saturated rings. The molecule has 15 heavy (non-hydrogen) atoms. The van der Waals surface area contributed by atoms with Gasteiger partial charge in [-0.15, -0.1) is 0 Å². The number of rotatable bonds is 4. The van der Waals surface area contributed by atoms with E-state index in [1.165, 1.54) is 38.8 Å². The molecule has 0 N–H and O–H groups in total. The lowest BCUT2D eigenvalue weighted by molar-refractivity contribution is -0.0741. The lowest BCUT2D eigenvalue weighted by Crippen LogP contribution is -2.51. The van der Waals surface area contributed by atoms with Crippen LogP contribution in [-0.4, -0.2) is 37.2 Å². The minimum atomic E-state index is 0.760. The van der Waals surface area contributed by atoms with Gasteiger partial charge in [-0.1, -0.05) is 26.7 Å². The van der Waals surface area contributed by atoms with Crippen LogP contribution in [0, 0.1) is 11.8 Å². The Morgan fingerprint density at radius 1 is 1.20 bits per heavy atom. The molecule has 88 valence electrons. The molecule has 2 heteroatoms. The largest absolute Gasteiger partial charge is 0.378 e. The van der Waals surface area contributed by atoms with E-state index in [4.69, 9.17) is 4.74 Å². The van der Waals surface area contributed by atoms with Crippen molar-refractivity contribution < 1.29 is 4.74 Å². The second kappa shape index (κ2) is 5.31. The van der Waals surface area contributed by atoms with Crippen molar-refractivity contribution in [2.24, 2.45) is 11.8 Å². The zero-order chi connectivity index (χ0) is 10.7. The van der Waals surface area contributed by atoms with Crippen molar-refractivity contribution in [1.82, 2.24) is 4.90 Å². The average molecular weight is 211 g/mol. The van der Waals surface area contributed by atoms with Crippen molar-refractivity contribution >= 4 is 0 Å². The van der Waals surface area contributed by atoms with Crippen LogP contribution >= 0.6 is 0 Å². The van der Waals surface area contributed by atoms with E-state index in [0.29, 0.717) is 0 Å². The Balaban J connectivity index is 1.63. The number of ether oxygens (including phenoxy) is 1. The Kier molecular flexibility index (Phi) is 4.04. The summed E-state index contributed by atoms with van der Waals surface area (Å²) in [5, 5.41) is 0. The van der Waals surface area contributed by atoms with Gasteiger partial charge in [-0.3, -0.25) is 4.90 Å². The van der Waals surface area contributed by atoms with Crippen molar-refractivity contribution in [3.05, 3.63) is 0 Å². The molecular weight excluding hydrogens is 186 g/mol. The molecular formula is C13H25NO. The molecule has 2 nitrogen and oxygen atoms in total. The van der Waals surface area contributed by atoms with E-state index in [-0.39, 0.29) is 0 Å². The summed E-state index contributed by atoms with van der Waals surface area (Å²) in [6.07, 6.45) is 5.70. The van der Waals surface area contributed by atoms with E-state index in [1.54, 1.807) is 0 Å². The van der Waals surface area contributed by atoms with Gasteiger partial charge in [0.25, 0.3) is 0 Å². The van der Waals surface area contributed by atoms with Crippen molar-refractivity contribution in [2.75, 3.05) is 26.3 Å². The second-order valence-corrected chi connectivity index (χ2v) is 5.64. The summed E-state index contributed by atoms with van der Waals surface area (Å²) in [4.78, 5) is 2.63. The highest BCUT2D eigenvalue weighted by Gasteiger charge is 2.29. The standard InChI is InChI=1S/C13H25NO/c1-11(2)3-4-12-5-7-14(8-6-12)13-9-15-10-13/h11-13H,3-10H2,1-2H3. The number of piperidine rings is 1. The lowest BCUT2D eigenvalue weighted by Gasteiger charge is -2.41. The van der Waals surface area contributed by atoms with Crippen LogP contribution in [0.25, 0.3) is 0 Å². The first kappa shape index (κ1) is 11.4. The zero-order valence-corrected chi connectivity index (χ0v) is 10.2. The van der Waals surface area contributed by atoms with Gasteiger partial charge in [-0.05, 0) is 37.8 Å². The Morgan fingerprint density at radius 2 is 1.87 bits per heavy atom. The molecule has 0 unspecified atom stereocenters. The predicted molar refractivity (Wildman–Crippen MR) is 63.0 cm³/mol. The third kappa shape index (κ3) is 3.18. The van der Waals surface area contributed by atoms with Gasteiger partial charge in [-0.25, -0.2) is 0 Å². The van der Waals surface area contributed by atoms with Gasteiger partial charge in [0.05, 0.1) is 19.3 Å². The van der Waals surface area contributed by atoms with Crippen LogP contribution in [0.2, 0.25) is 0 Å². The van der Waals surface area contributed by atoms with E-state index in [9.17, 15) is 0 Å². The fraction of sp³-hybridized carbons (Fsp3) is 1.00. The van der Waals surface area contributed by atoms with E-state index in [0.717, 1.165) is 31.1 Å². The van der Waals surface area contributed by atoms with Gasteiger partial charge < -0.3 is 4.74 Å². The highest BCUT2D eigenvalue weighted by atomic mass is 16.5. The van der Waals surface area contributed by atoms with Gasteiger partial charge in [0.15, 0.2) is 0 Å². The van der Waals surface area contributed by atoms with Gasteiger partial charge in [0, 0.05) is 0 Å². The van der Waals surface area contributed by atoms with Crippen molar-refractivity contribution in [2.45, 2.75) is 45.6 Å². The summed E-state index contributed by atoms with van der Waals surface area (Å²) in [5.74, 6) is 1.88. The minimum Gasteiger partial charge on any atom is -0.378 e. The number of hydrogen-bond donors (Lipinski definition) is 0. The Hall–Kier alpha value is -0.0800. The summed E-state index contributed by atoms with van der Waals surface area (Å²) in [6, 6.07) is 0.760. The van der Waals surface area contributed by atoms with Gasteiger partial charge >= 0.3 is 0 Å². The fourth-order valence-electron chi connectivity index (χ4n) is 2.61. The summed E-state index contributed by atoms with van der Waals surface area (Å²) in [5.41, 5.74) is 0. The lowest BCUT2D eigenvalue weighted by atomic mass is 9.89. The van der Waals surface area contributed by atoms with Crippen LogP contribution in [0.15, 0.2) is 0 Å². The van der Waals surface area contributed by atoms with Crippen LogP contribution in [0.1, 0.15) is 39.5 Å². The number of hydrogen-bond acceptors (Lipinski definition) is 2. The SMILES string of the molecule is CC(C)CCC1CCN(C2COC2)CC1. The van der Waals surface area contributed by atoms with Gasteiger partial charge in [-0.2, -0.15) is 0 Å². The van der Waals surface area contributed by atoms with Crippen LogP contribution in [0.5, 0.6) is 0 Å². The topological polar surface area (TPSA) is 12.5 Å². The predicted octanol–water partition coefficient (Wildman–Crippen LogP) is 2.53. The third-order valence-electron chi connectivity index (χ3n) is 3.94. The minimum absolute atomic E-state index is 0.760. The molecule has 0 atom stereocenters. The van der Waals surface area contributed by atoms with Crippen LogP contribution in [0.4, 0.5) is 0 Å². The first-order valence-corrected chi connectivity index (χ1v) is 6.57. The Bertz CT molecular complexity index is 181. The molecule has 0 aromatic heterocycles. The monoisotopic (exact) mass is 211 g/mol. The van der Waals surface area contributed by atoms with Gasteiger partial charge in [0.1, 0.15) is 0 Å². The zero-order valence-electron chi connectivity index (χ0n) is 10.2. The van der Waals surface area contributed by atoms with Crippen molar-refractivity contribution in [1.29, 1.82) is 0 Å². The Morgan fingerprint density at radius 3 is 2.33 bits per heavy atom. The van der Waals surface area contributed by atoms with Crippen LogP contribution in [-0.2, 0) is 4.74 Å². The molecule has 0 spiro atoms. The maximum atomic E-state index is 5.25. The molecule has 2 aliphatic heterocycles. The molecule has 2 saturated heterocycles. The molecule has 2 heterocycles. The molecule has 0 radical (unpaired) electrons. The molecule has 2 aliphatic rings. The number of likely N-dealkylation sites (tertiary alicyclic amines) is 1. The molecule has 0 amide bonds. The number of nitrogens with zero attached hydrogens (tertiary/aromatic N) is 1. The maximum absolute atomic E-state index is 5.25. The molecule has 0 saturated carbocycles. The Labute approximate surface area is 94.0 Å². The normalized spacial score (nSPS) is 25.8. The van der Waals surface area contributed by atoms with Crippen molar-refractivity contribution in [3.63, 3.8) is 0 Å². The summed E-state index contributed by atoms with van der Waals surface area (Å²) >= 11 is 0. The summed E-state index contributed by atoms with van der Waals surface area (Å²) in [7, 11) is 0. The highest BCUT2D eigenvalue weighted by molar-refractivity contribution is 4.82. The third-order valence-corrected chi connectivity index (χ3v) is 3.94. The van der Waals surface area contributed by atoms with Crippen LogP contribution < -0.4 is 0 Å². The molecule has 0 bridgehead atoms. The molecule has 0 aromatic rings. The molecule has 2 rings (SSSR count). The average Bonchev–Trinajstić information content (AvgIpc) is 2.14. The first-order chi connectivity index (χ1) is 7.25. The van der Waals surface area contributed by atoms with Crippen LogP contribution in [0.3, 0.4) is 0 Å². The van der Waals surface area contributed by atoms with Crippen molar-refractivity contribution in [3.8, 4) is 0 Å². The van der Waals surface area contributed by atoms with E-state index >= 15 is 0 Å². The molecule has 0 aromatic carbocycles. The summed E-state index contributed by atoms with van der Waals surface area (Å²) < 4.78 is 5.25. The second-order valence-electron chi connectivity index (χ2n) is 5.64. The smallest absolute Gasteiger partial charge is 0.0645 e. The van der Waals surface area contributed by atoms with Gasteiger partial charge in [0.2, 0.25) is 0 Å². The first-order valence-electron chi connectivity index (χ1n) is 6.57. The quantitative estimate of drug-likeness (QED) is 0.708.